The number of aryl methyl sites for hydroxylation is 2. The Morgan fingerprint density at radius 2 is 1.82 bits per heavy atom. The van der Waals surface area contributed by atoms with Crippen molar-refractivity contribution in [1.29, 1.82) is 0 Å². The van der Waals surface area contributed by atoms with Gasteiger partial charge < -0.3 is 9.64 Å². The molecule has 1 aliphatic rings. The fourth-order valence-electron chi connectivity index (χ4n) is 2.58. The van der Waals surface area contributed by atoms with E-state index in [1.54, 1.807) is 12.4 Å². The smallest absolute Gasteiger partial charge is 0.321 e. The molecule has 5 heteroatoms. The Morgan fingerprint density at radius 3 is 2.45 bits per heavy atom. The summed E-state index contributed by atoms with van der Waals surface area (Å²) in [6.45, 7) is 6.01. The van der Waals surface area contributed by atoms with E-state index in [0.29, 0.717) is 11.4 Å². The maximum Gasteiger partial charge on any atom is 0.321 e. The number of rotatable bonds is 3. The predicted octanol–water partition coefficient (Wildman–Crippen LogP) is 4.09. The molecule has 2 heterocycles. The first-order chi connectivity index (χ1) is 10.6. The molecule has 116 valence electrons. The van der Waals surface area contributed by atoms with E-state index in [1.807, 2.05) is 19.9 Å². The van der Waals surface area contributed by atoms with Crippen molar-refractivity contribution in [3.63, 3.8) is 0 Å². The second-order valence-electron chi connectivity index (χ2n) is 5.76. The Balaban J connectivity index is 1.73. The van der Waals surface area contributed by atoms with Crippen LogP contribution < -0.4 is 9.64 Å². The van der Waals surface area contributed by atoms with Crippen molar-refractivity contribution < 1.29 is 4.74 Å². The van der Waals surface area contributed by atoms with E-state index in [9.17, 15) is 0 Å². The Morgan fingerprint density at radius 1 is 1.14 bits per heavy atom. The first kappa shape index (κ1) is 15.1. The third kappa shape index (κ3) is 3.50. The van der Waals surface area contributed by atoms with Crippen molar-refractivity contribution in [2.45, 2.75) is 32.1 Å². The van der Waals surface area contributed by atoms with Gasteiger partial charge in [0.1, 0.15) is 5.75 Å². The van der Waals surface area contributed by atoms with Gasteiger partial charge in [-0.25, -0.2) is 9.97 Å². The van der Waals surface area contributed by atoms with Crippen LogP contribution in [-0.4, -0.2) is 28.4 Å². The average molecular weight is 318 g/mol. The molecule has 2 aromatic rings. The minimum atomic E-state index is 0.318. The van der Waals surface area contributed by atoms with E-state index >= 15 is 0 Å². The van der Waals surface area contributed by atoms with Gasteiger partial charge in [-0.2, -0.15) is 0 Å². The summed E-state index contributed by atoms with van der Waals surface area (Å²) < 4.78 is 5.76. The number of aromatic nitrogens is 2. The highest BCUT2D eigenvalue weighted by Gasteiger charge is 2.18. The summed E-state index contributed by atoms with van der Waals surface area (Å²) in [6.07, 6.45) is 5.58. The van der Waals surface area contributed by atoms with E-state index in [1.165, 1.54) is 5.69 Å². The fourth-order valence-corrected chi connectivity index (χ4v) is 2.78. The lowest BCUT2D eigenvalue weighted by atomic mass is 10.1. The van der Waals surface area contributed by atoms with Crippen molar-refractivity contribution in [3.8, 4) is 11.8 Å². The predicted molar refractivity (Wildman–Crippen MR) is 89.1 cm³/mol. The number of anilines is 1. The Bertz CT molecular complexity index is 637. The summed E-state index contributed by atoms with van der Waals surface area (Å²) in [5.41, 5.74) is 3.31. The average Bonchev–Trinajstić information content (AvgIpc) is 2.52. The Hall–Kier alpha value is -1.81. The molecule has 0 atom stereocenters. The molecule has 0 amide bonds. The molecular formula is C17H20ClN3O. The number of hydrogen-bond acceptors (Lipinski definition) is 4. The molecule has 4 nitrogen and oxygen atoms in total. The van der Waals surface area contributed by atoms with Crippen molar-refractivity contribution in [3.05, 3.63) is 41.7 Å². The summed E-state index contributed by atoms with van der Waals surface area (Å²) in [4.78, 5) is 10.7. The standard InChI is InChI=1S/C17H20ClN3O/c1-12-10-19-17(20-11-12)22-16-4-3-15(9-13(16)2)21-7-5-14(18)6-8-21/h3-4,9-11,14H,5-8H2,1-2H3. The largest absolute Gasteiger partial charge is 0.424 e. The summed E-state index contributed by atoms with van der Waals surface area (Å²) in [6, 6.07) is 6.61. The number of hydrogen-bond donors (Lipinski definition) is 0. The van der Waals surface area contributed by atoms with E-state index in [-0.39, 0.29) is 0 Å². The normalized spacial score (nSPS) is 15.9. The highest BCUT2D eigenvalue weighted by Crippen LogP contribution is 2.29. The van der Waals surface area contributed by atoms with Crippen molar-refractivity contribution in [1.82, 2.24) is 9.97 Å². The highest BCUT2D eigenvalue weighted by molar-refractivity contribution is 6.20. The van der Waals surface area contributed by atoms with Crippen LogP contribution in [0.5, 0.6) is 11.8 Å². The topological polar surface area (TPSA) is 38.2 Å². The lowest BCUT2D eigenvalue weighted by Gasteiger charge is -2.31. The van der Waals surface area contributed by atoms with E-state index in [4.69, 9.17) is 16.3 Å². The molecule has 1 aliphatic heterocycles. The summed E-state index contributed by atoms with van der Waals surface area (Å²) >= 11 is 6.17. The molecule has 0 unspecified atom stereocenters. The molecule has 0 saturated carbocycles. The van der Waals surface area contributed by atoms with Crippen LogP contribution in [-0.2, 0) is 0 Å². The molecule has 0 spiro atoms. The van der Waals surface area contributed by atoms with Gasteiger partial charge >= 0.3 is 6.01 Å². The number of nitrogens with zero attached hydrogens (tertiary/aromatic N) is 3. The zero-order valence-corrected chi connectivity index (χ0v) is 13.7. The second-order valence-corrected chi connectivity index (χ2v) is 6.37. The summed E-state index contributed by atoms with van der Waals surface area (Å²) in [5.74, 6) is 0.792. The van der Waals surface area contributed by atoms with Gasteiger partial charge in [0, 0.05) is 36.5 Å². The Labute approximate surface area is 136 Å². The van der Waals surface area contributed by atoms with E-state index in [0.717, 1.165) is 42.8 Å². The summed E-state index contributed by atoms with van der Waals surface area (Å²) in [5, 5.41) is 0.318. The third-order valence-corrected chi connectivity index (χ3v) is 4.34. The SMILES string of the molecule is Cc1cnc(Oc2ccc(N3CCC(Cl)CC3)cc2C)nc1. The van der Waals surface area contributed by atoms with E-state index in [2.05, 4.69) is 27.0 Å². The fraction of sp³-hybridized carbons (Fsp3) is 0.412. The minimum Gasteiger partial charge on any atom is -0.424 e. The van der Waals surface area contributed by atoms with E-state index < -0.39 is 0 Å². The van der Waals surface area contributed by atoms with Crippen LogP contribution in [0.25, 0.3) is 0 Å². The van der Waals surface area contributed by atoms with Crippen LogP contribution in [0.4, 0.5) is 5.69 Å². The van der Waals surface area contributed by atoms with Crippen molar-refractivity contribution in [2.75, 3.05) is 18.0 Å². The second kappa shape index (κ2) is 6.53. The number of piperidine rings is 1. The lowest BCUT2D eigenvalue weighted by molar-refractivity contribution is 0.438. The molecule has 0 bridgehead atoms. The molecule has 0 radical (unpaired) electrons. The van der Waals surface area contributed by atoms with Gasteiger partial charge in [-0.15, -0.1) is 11.6 Å². The zero-order chi connectivity index (χ0) is 15.5. The summed E-state index contributed by atoms with van der Waals surface area (Å²) in [7, 11) is 0. The van der Waals surface area contributed by atoms with Crippen LogP contribution in [0.1, 0.15) is 24.0 Å². The number of benzene rings is 1. The Kier molecular flexibility index (Phi) is 4.48. The molecular weight excluding hydrogens is 298 g/mol. The van der Waals surface area contributed by atoms with Gasteiger partial charge in [0.2, 0.25) is 0 Å². The first-order valence-corrected chi connectivity index (χ1v) is 8.01. The van der Waals surface area contributed by atoms with Gasteiger partial charge in [-0.1, -0.05) is 0 Å². The van der Waals surface area contributed by atoms with Crippen LogP contribution in [0, 0.1) is 13.8 Å². The zero-order valence-electron chi connectivity index (χ0n) is 12.9. The maximum absolute atomic E-state index is 6.17. The quantitative estimate of drug-likeness (QED) is 0.799. The van der Waals surface area contributed by atoms with Crippen molar-refractivity contribution in [2.24, 2.45) is 0 Å². The van der Waals surface area contributed by atoms with Crippen molar-refractivity contribution >= 4 is 17.3 Å². The molecule has 22 heavy (non-hydrogen) atoms. The monoisotopic (exact) mass is 317 g/mol. The van der Waals surface area contributed by atoms with Crippen LogP contribution in [0.15, 0.2) is 30.6 Å². The number of ether oxygens (including phenoxy) is 1. The van der Waals surface area contributed by atoms with Crippen LogP contribution in [0.3, 0.4) is 0 Å². The highest BCUT2D eigenvalue weighted by atomic mass is 35.5. The molecule has 3 rings (SSSR count). The number of alkyl halides is 1. The molecule has 1 aromatic carbocycles. The van der Waals surface area contributed by atoms with Gasteiger partial charge in [0.15, 0.2) is 0 Å². The van der Waals surface area contributed by atoms with Gasteiger partial charge in [-0.05, 0) is 56.0 Å². The third-order valence-electron chi connectivity index (χ3n) is 3.91. The lowest BCUT2D eigenvalue weighted by Crippen LogP contribution is -2.33. The molecule has 1 saturated heterocycles. The molecule has 1 aromatic heterocycles. The maximum atomic E-state index is 6.17. The van der Waals surface area contributed by atoms with Crippen LogP contribution >= 0.6 is 11.6 Å². The van der Waals surface area contributed by atoms with Gasteiger partial charge in [0.05, 0.1) is 0 Å². The number of halogens is 1. The van der Waals surface area contributed by atoms with Gasteiger partial charge in [0.25, 0.3) is 0 Å². The van der Waals surface area contributed by atoms with Crippen LogP contribution in [0.2, 0.25) is 0 Å². The molecule has 0 aliphatic carbocycles. The first-order valence-electron chi connectivity index (χ1n) is 7.58. The van der Waals surface area contributed by atoms with Gasteiger partial charge in [-0.3, -0.25) is 0 Å². The molecule has 1 fully saturated rings. The minimum absolute atomic E-state index is 0.318. The molecule has 0 N–H and O–H groups in total.